The molecule has 0 saturated carbocycles. The van der Waals surface area contributed by atoms with Gasteiger partial charge in [-0.25, -0.2) is 13.5 Å². The molecule has 1 N–H and O–H groups in total. The van der Waals surface area contributed by atoms with Gasteiger partial charge in [-0.05, 0) is 71.2 Å². The number of fused-ring (bicyclic) bond motifs is 2. The van der Waals surface area contributed by atoms with Crippen molar-refractivity contribution in [1.82, 2.24) is 19.1 Å². The van der Waals surface area contributed by atoms with Crippen molar-refractivity contribution in [2.24, 2.45) is 5.41 Å². The van der Waals surface area contributed by atoms with Crippen LogP contribution in [0, 0.1) is 17.0 Å². The van der Waals surface area contributed by atoms with Gasteiger partial charge in [0.2, 0.25) is 4.90 Å². The Balaban J connectivity index is 1.44. The zero-order valence-electron chi connectivity index (χ0n) is 20.4. The van der Waals surface area contributed by atoms with Gasteiger partial charge in [-0.2, -0.15) is 9.65 Å². The quantitative estimate of drug-likeness (QED) is 0.248. The number of nitrogens with zero attached hydrogens (tertiary/aromatic N) is 4. The summed E-state index contributed by atoms with van der Waals surface area (Å²) in [5, 5.41) is 4.24. The van der Waals surface area contributed by atoms with E-state index in [0.29, 0.717) is 12.1 Å². The van der Waals surface area contributed by atoms with Crippen molar-refractivity contribution in [3.05, 3.63) is 112 Å². The van der Waals surface area contributed by atoms with E-state index in [9.17, 15) is 22.3 Å². The van der Waals surface area contributed by atoms with Gasteiger partial charge in [0.25, 0.3) is 0 Å². The third-order valence-corrected chi connectivity index (χ3v) is 9.50. The highest BCUT2D eigenvalue weighted by atomic mass is 35.5. The van der Waals surface area contributed by atoms with Crippen molar-refractivity contribution in [2.45, 2.75) is 17.7 Å². The van der Waals surface area contributed by atoms with Crippen LogP contribution in [0.15, 0.2) is 83.5 Å². The average Bonchev–Trinajstić information content (AvgIpc) is 3.35. The SMILES string of the molecule is O=C(c1ccccn1)[C@]12Cc3cnn(-c4ccc(F)cc4)c3C=C1CCN([S+](=O)(O)c1ccc(F)c(Cl)c1)C2. The molecule has 1 aliphatic heterocycles. The first-order chi connectivity index (χ1) is 18.7. The number of hydrogen-bond acceptors (Lipinski definition) is 4. The summed E-state index contributed by atoms with van der Waals surface area (Å²) in [6, 6.07) is 14.4. The van der Waals surface area contributed by atoms with Gasteiger partial charge in [0.1, 0.15) is 17.3 Å². The van der Waals surface area contributed by atoms with E-state index in [0.717, 1.165) is 29.0 Å². The molecular formula is C28H22ClF2N4O3S+. The van der Waals surface area contributed by atoms with Crippen LogP contribution in [0.25, 0.3) is 11.8 Å². The normalized spacial score (nSPS) is 20.5. The Morgan fingerprint density at radius 2 is 1.90 bits per heavy atom. The molecule has 6 rings (SSSR count). The number of hydrogen-bond donors (Lipinski definition) is 1. The van der Waals surface area contributed by atoms with Crippen LogP contribution >= 0.6 is 11.6 Å². The van der Waals surface area contributed by atoms with Crippen LogP contribution in [0.4, 0.5) is 8.78 Å². The number of benzene rings is 2. The van der Waals surface area contributed by atoms with Crippen molar-refractivity contribution < 1.29 is 22.3 Å². The van der Waals surface area contributed by atoms with E-state index in [4.69, 9.17) is 11.6 Å². The largest absolute Gasteiger partial charge is 0.325 e. The van der Waals surface area contributed by atoms with Crippen LogP contribution in [0.5, 0.6) is 0 Å². The lowest BCUT2D eigenvalue weighted by molar-refractivity contribution is 0.0766. The molecule has 0 radical (unpaired) electrons. The first-order valence-corrected chi connectivity index (χ1v) is 14.0. The molecule has 7 nitrogen and oxygen atoms in total. The molecule has 1 aliphatic carbocycles. The highest BCUT2D eigenvalue weighted by molar-refractivity contribution is 7.95. The number of carbonyl (C=O) groups is 1. The summed E-state index contributed by atoms with van der Waals surface area (Å²) in [6.45, 7) is 0.104. The number of piperidine rings is 1. The molecule has 0 amide bonds. The Morgan fingerprint density at radius 1 is 1.10 bits per heavy atom. The number of carbonyl (C=O) groups excluding carboxylic acids is 1. The maximum absolute atomic E-state index is 14.1. The zero-order valence-corrected chi connectivity index (χ0v) is 22.0. The fourth-order valence-electron chi connectivity index (χ4n) is 5.35. The van der Waals surface area contributed by atoms with E-state index in [1.165, 1.54) is 28.7 Å². The third-order valence-electron chi connectivity index (χ3n) is 7.33. The minimum absolute atomic E-state index is 0.0395. The summed E-state index contributed by atoms with van der Waals surface area (Å²) in [5.74, 6) is -1.33. The van der Waals surface area contributed by atoms with Crippen molar-refractivity contribution >= 4 is 33.9 Å². The lowest BCUT2D eigenvalue weighted by Gasteiger charge is -2.43. The molecule has 39 heavy (non-hydrogen) atoms. The highest BCUT2D eigenvalue weighted by Crippen LogP contribution is 2.47. The van der Waals surface area contributed by atoms with Gasteiger partial charge in [-0.1, -0.05) is 27.5 Å². The van der Waals surface area contributed by atoms with Crippen molar-refractivity contribution in [1.29, 1.82) is 0 Å². The first kappa shape index (κ1) is 25.7. The fourth-order valence-corrected chi connectivity index (χ4v) is 7.14. The molecule has 2 aromatic carbocycles. The Bertz CT molecular complexity index is 1680. The molecule has 1 unspecified atom stereocenters. The molecule has 11 heteroatoms. The highest BCUT2D eigenvalue weighted by Gasteiger charge is 2.55. The molecular weight excluding hydrogens is 546 g/mol. The molecule has 2 aromatic heterocycles. The fraction of sp³-hybridized carbons (Fsp3) is 0.179. The van der Waals surface area contributed by atoms with Crippen LogP contribution < -0.4 is 0 Å². The number of ketones is 1. The van der Waals surface area contributed by atoms with E-state index in [2.05, 4.69) is 10.1 Å². The topological polar surface area (TPSA) is 88.3 Å². The molecule has 2 aliphatic rings. The van der Waals surface area contributed by atoms with E-state index < -0.39 is 21.6 Å². The molecule has 198 valence electrons. The van der Waals surface area contributed by atoms with Crippen molar-refractivity contribution in [3.63, 3.8) is 0 Å². The predicted octanol–water partition coefficient (Wildman–Crippen LogP) is 5.66. The van der Waals surface area contributed by atoms with E-state index in [1.807, 2.05) is 6.08 Å². The van der Waals surface area contributed by atoms with Gasteiger partial charge in [-0.15, -0.1) is 0 Å². The van der Waals surface area contributed by atoms with Crippen LogP contribution in [-0.2, 0) is 21.0 Å². The van der Waals surface area contributed by atoms with Gasteiger partial charge in [0, 0.05) is 18.3 Å². The smallest absolute Gasteiger partial charge is 0.291 e. The second-order valence-electron chi connectivity index (χ2n) is 9.60. The maximum atomic E-state index is 14.1. The van der Waals surface area contributed by atoms with E-state index in [-0.39, 0.29) is 46.7 Å². The molecule has 3 heterocycles. The number of aromatic nitrogens is 3. The Hall–Kier alpha value is -3.57. The van der Waals surface area contributed by atoms with E-state index in [1.54, 1.807) is 41.2 Å². The second kappa shape index (κ2) is 9.56. The third kappa shape index (κ3) is 4.33. The minimum atomic E-state index is -3.85. The summed E-state index contributed by atoms with van der Waals surface area (Å²) < 4.78 is 55.4. The summed E-state index contributed by atoms with van der Waals surface area (Å²) in [4.78, 5) is 18.4. The Labute approximate surface area is 229 Å². The van der Waals surface area contributed by atoms with Crippen LogP contribution in [0.3, 0.4) is 0 Å². The lowest BCUT2D eigenvalue weighted by Crippen LogP contribution is -2.54. The van der Waals surface area contributed by atoms with Gasteiger partial charge in [-0.3, -0.25) is 9.78 Å². The van der Waals surface area contributed by atoms with Crippen LogP contribution in [0.1, 0.15) is 28.2 Å². The molecule has 1 fully saturated rings. The van der Waals surface area contributed by atoms with Gasteiger partial charge in [0.15, 0.2) is 5.78 Å². The molecule has 4 aromatic rings. The average molecular weight is 568 g/mol. The van der Waals surface area contributed by atoms with E-state index >= 15 is 0 Å². The summed E-state index contributed by atoms with van der Waals surface area (Å²) >= 11 is 5.91. The summed E-state index contributed by atoms with van der Waals surface area (Å²) in [6.07, 6.45) is 5.64. The maximum Gasteiger partial charge on any atom is 0.325 e. The van der Waals surface area contributed by atoms with Crippen LogP contribution in [-0.4, -0.2) is 42.5 Å². The standard InChI is InChI=1S/C28H21ClF2N4O3S/c29-23-14-22(8-9-24(23)31)39(37,38)34-12-10-19-13-26-18(16-33-35(26)21-6-4-20(30)5-7-21)15-28(19,17-34)27(36)25-3-1-2-11-32-25/h1-9,11,13-14,16H,10,12,15,17H2/p+1/t28-/m0/s1. The number of rotatable bonds is 5. The summed E-state index contributed by atoms with van der Waals surface area (Å²) in [7, 11) is -3.85. The van der Waals surface area contributed by atoms with Crippen molar-refractivity contribution in [3.8, 4) is 5.69 Å². The number of Topliss-reactive ketones (excluding diaryl/α,β-unsaturated/α-hetero) is 1. The Kier molecular flexibility index (Phi) is 6.30. The monoisotopic (exact) mass is 567 g/mol. The van der Waals surface area contributed by atoms with Gasteiger partial charge < -0.3 is 0 Å². The first-order valence-electron chi connectivity index (χ1n) is 12.2. The van der Waals surface area contributed by atoms with Crippen LogP contribution in [0.2, 0.25) is 5.02 Å². The second-order valence-corrected chi connectivity index (χ2v) is 12.0. The number of halogens is 3. The number of pyridine rings is 1. The molecule has 0 spiro atoms. The summed E-state index contributed by atoms with van der Waals surface area (Å²) in [5.41, 5.74) is 2.05. The minimum Gasteiger partial charge on any atom is -0.291 e. The predicted molar refractivity (Wildman–Crippen MR) is 143 cm³/mol. The molecule has 0 bridgehead atoms. The zero-order chi connectivity index (χ0) is 27.4. The van der Waals surface area contributed by atoms with Gasteiger partial charge >= 0.3 is 10.4 Å². The Morgan fingerprint density at radius 3 is 2.62 bits per heavy atom. The lowest BCUT2D eigenvalue weighted by atomic mass is 9.65. The molecule has 1 saturated heterocycles. The van der Waals surface area contributed by atoms with Crippen molar-refractivity contribution in [2.75, 3.05) is 13.1 Å². The molecule has 2 atom stereocenters. The van der Waals surface area contributed by atoms with Gasteiger partial charge in [0.05, 0.1) is 41.1 Å².